The highest BCUT2D eigenvalue weighted by Crippen LogP contribution is 2.67. The van der Waals surface area contributed by atoms with Crippen molar-refractivity contribution in [1.29, 1.82) is 0 Å². The van der Waals surface area contributed by atoms with Crippen molar-refractivity contribution in [1.82, 2.24) is 0 Å². The lowest BCUT2D eigenvalue weighted by Gasteiger charge is -2.59. The van der Waals surface area contributed by atoms with E-state index in [4.69, 9.17) is 0 Å². The van der Waals surface area contributed by atoms with Gasteiger partial charge < -0.3 is 10.2 Å². The molecule has 0 amide bonds. The van der Waals surface area contributed by atoms with Gasteiger partial charge in [-0.3, -0.25) is 0 Å². The number of aliphatic hydroxyl groups excluding tert-OH is 1. The Bertz CT molecular complexity index is 608. The van der Waals surface area contributed by atoms with Gasteiger partial charge in [0.25, 0.3) is 0 Å². The van der Waals surface area contributed by atoms with Crippen LogP contribution in [0.5, 0.6) is 0 Å². The van der Waals surface area contributed by atoms with Gasteiger partial charge in [0, 0.05) is 0 Å². The van der Waals surface area contributed by atoms with Crippen LogP contribution in [0.2, 0.25) is 0 Å². The first-order valence-electron chi connectivity index (χ1n) is 13.3. The van der Waals surface area contributed by atoms with Gasteiger partial charge in [0.15, 0.2) is 0 Å². The molecule has 3 fully saturated rings. The van der Waals surface area contributed by atoms with Crippen molar-refractivity contribution in [3.8, 4) is 0 Å². The van der Waals surface area contributed by atoms with E-state index in [2.05, 4.69) is 26.8 Å². The summed E-state index contributed by atoms with van der Waals surface area (Å²) in [5, 5.41) is 20.6. The van der Waals surface area contributed by atoms with Gasteiger partial charge in [-0.25, -0.2) is 0 Å². The Kier molecular flexibility index (Phi) is 7.50. The average Bonchev–Trinajstić information content (AvgIpc) is 3.06. The van der Waals surface area contributed by atoms with Crippen LogP contribution in [0, 0.1) is 34.5 Å². The molecule has 2 N–H and O–H groups in total. The number of hydrogen-bond acceptors (Lipinski definition) is 2. The van der Waals surface area contributed by atoms with Crippen molar-refractivity contribution in [2.45, 2.75) is 130 Å². The van der Waals surface area contributed by atoms with E-state index in [1.807, 2.05) is 20.8 Å². The van der Waals surface area contributed by atoms with E-state index in [1.165, 1.54) is 51.4 Å². The maximum atomic E-state index is 10.6. The van der Waals surface area contributed by atoms with Gasteiger partial charge in [0.1, 0.15) is 0 Å². The minimum atomic E-state index is -0.483. The molecule has 2 nitrogen and oxygen atoms in total. The van der Waals surface area contributed by atoms with E-state index >= 15 is 0 Å². The first kappa shape index (κ1) is 24.3. The predicted molar refractivity (Wildman–Crippen MR) is 127 cm³/mol. The van der Waals surface area contributed by atoms with Gasteiger partial charge in [-0.2, -0.15) is 0 Å². The molecule has 0 aromatic carbocycles. The SMILES string of the molecule is CC.CC[C@H](O)CCCC1CCC2C3CC=C4C[C@@](C)(O)CCC4(C)C3CCC12C. The van der Waals surface area contributed by atoms with Gasteiger partial charge in [0.2, 0.25) is 0 Å². The van der Waals surface area contributed by atoms with Crippen LogP contribution in [0.4, 0.5) is 0 Å². The van der Waals surface area contributed by atoms with Crippen LogP contribution in [0.15, 0.2) is 11.6 Å². The average molecular weight is 419 g/mol. The van der Waals surface area contributed by atoms with Gasteiger partial charge in [-0.1, -0.05) is 52.7 Å². The zero-order valence-electron chi connectivity index (χ0n) is 20.8. The first-order valence-corrected chi connectivity index (χ1v) is 13.3. The molecule has 174 valence electrons. The maximum absolute atomic E-state index is 10.6. The van der Waals surface area contributed by atoms with Crippen molar-refractivity contribution >= 4 is 0 Å². The summed E-state index contributed by atoms with van der Waals surface area (Å²) < 4.78 is 0. The van der Waals surface area contributed by atoms with Crippen LogP contribution < -0.4 is 0 Å². The second-order valence-corrected chi connectivity index (χ2v) is 11.7. The molecule has 2 heteroatoms. The Hall–Kier alpha value is -0.340. The molecule has 0 bridgehead atoms. The van der Waals surface area contributed by atoms with Crippen LogP contribution >= 0.6 is 0 Å². The molecule has 0 aromatic rings. The summed E-state index contributed by atoms with van der Waals surface area (Å²) in [6, 6.07) is 0. The molecule has 8 atom stereocenters. The minimum Gasteiger partial charge on any atom is -0.393 e. The Balaban J connectivity index is 0.00000124. The summed E-state index contributed by atoms with van der Waals surface area (Å²) in [5.74, 6) is 3.46. The summed E-state index contributed by atoms with van der Waals surface area (Å²) in [6.45, 7) is 13.3. The molecule has 0 spiro atoms. The molecule has 4 aliphatic carbocycles. The molecular weight excluding hydrogens is 368 g/mol. The maximum Gasteiger partial charge on any atom is 0.0657 e. The molecule has 4 aliphatic rings. The van der Waals surface area contributed by atoms with Gasteiger partial charge in [-0.05, 0) is 112 Å². The van der Waals surface area contributed by atoms with Gasteiger partial charge in [-0.15, -0.1) is 0 Å². The molecule has 4 rings (SSSR count). The van der Waals surface area contributed by atoms with Crippen LogP contribution in [-0.4, -0.2) is 21.9 Å². The molecular formula is C28H50O2. The first-order chi connectivity index (χ1) is 14.2. The summed E-state index contributed by atoms with van der Waals surface area (Å²) in [6.07, 6.45) is 16.8. The third-order valence-electron chi connectivity index (χ3n) is 10.1. The fourth-order valence-corrected chi connectivity index (χ4v) is 8.19. The van der Waals surface area contributed by atoms with E-state index < -0.39 is 5.60 Å². The predicted octanol–water partition coefficient (Wildman–Crippen LogP) is 7.28. The van der Waals surface area contributed by atoms with Crippen LogP contribution in [0.25, 0.3) is 0 Å². The Morgan fingerprint density at radius 1 is 1.03 bits per heavy atom. The summed E-state index contributed by atoms with van der Waals surface area (Å²) >= 11 is 0. The summed E-state index contributed by atoms with van der Waals surface area (Å²) in [7, 11) is 0. The van der Waals surface area contributed by atoms with Crippen LogP contribution in [0.3, 0.4) is 0 Å². The quantitative estimate of drug-likeness (QED) is 0.460. The van der Waals surface area contributed by atoms with E-state index in [0.29, 0.717) is 10.8 Å². The standard InChI is InChI=1S/C26H44O2.C2H6/c1-5-20(27)8-6-7-18-10-12-22-21-11-9-19-17-24(2,28)15-16-26(19,4)23(21)13-14-25(18,22)3;1-2/h9,18,20-23,27-28H,5-8,10-17H2,1-4H3;1-2H3/t18?,20-,21?,22?,23?,24-,25?,26?;/m0./s1. The van der Waals surface area contributed by atoms with E-state index in [1.54, 1.807) is 5.57 Å². The number of rotatable bonds is 5. The van der Waals surface area contributed by atoms with E-state index in [9.17, 15) is 10.2 Å². The smallest absolute Gasteiger partial charge is 0.0657 e. The van der Waals surface area contributed by atoms with Crippen molar-refractivity contribution < 1.29 is 10.2 Å². The van der Waals surface area contributed by atoms with E-state index in [-0.39, 0.29) is 6.10 Å². The second-order valence-electron chi connectivity index (χ2n) is 11.7. The van der Waals surface area contributed by atoms with Crippen molar-refractivity contribution in [3.05, 3.63) is 11.6 Å². The number of hydrogen-bond donors (Lipinski definition) is 2. The lowest BCUT2D eigenvalue weighted by Crippen LogP contribution is -2.51. The topological polar surface area (TPSA) is 40.5 Å². The molecule has 0 saturated heterocycles. The molecule has 0 aliphatic heterocycles. The highest BCUT2D eigenvalue weighted by Gasteiger charge is 2.58. The molecule has 0 heterocycles. The Morgan fingerprint density at radius 2 is 1.77 bits per heavy atom. The van der Waals surface area contributed by atoms with Crippen molar-refractivity contribution in [2.75, 3.05) is 0 Å². The molecule has 3 saturated carbocycles. The van der Waals surface area contributed by atoms with E-state index in [0.717, 1.165) is 49.4 Å². The lowest BCUT2D eigenvalue weighted by molar-refractivity contribution is -0.0662. The molecule has 0 radical (unpaired) electrons. The number of fused-ring (bicyclic) bond motifs is 5. The third-order valence-corrected chi connectivity index (χ3v) is 10.1. The normalized spacial score (nSPS) is 45.9. The lowest BCUT2D eigenvalue weighted by atomic mass is 9.46. The fourth-order valence-electron chi connectivity index (χ4n) is 8.19. The Labute approximate surface area is 186 Å². The molecule has 0 aromatic heterocycles. The van der Waals surface area contributed by atoms with Crippen LogP contribution in [-0.2, 0) is 0 Å². The van der Waals surface area contributed by atoms with Crippen molar-refractivity contribution in [2.24, 2.45) is 34.5 Å². The third kappa shape index (κ3) is 4.29. The highest BCUT2D eigenvalue weighted by atomic mass is 16.3. The second kappa shape index (κ2) is 9.26. The van der Waals surface area contributed by atoms with Gasteiger partial charge >= 0.3 is 0 Å². The zero-order chi connectivity index (χ0) is 22.2. The summed E-state index contributed by atoms with van der Waals surface area (Å²) in [5.41, 5.74) is 1.97. The summed E-state index contributed by atoms with van der Waals surface area (Å²) in [4.78, 5) is 0. The molecule has 6 unspecified atom stereocenters. The van der Waals surface area contributed by atoms with Crippen LogP contribution in [0.1, 0.15) is 119 Å². The largest absolute Gasteiger partial charge is 0.393 e. The highest BCUT2D eigenvalue weighted by molar-refractivity contribution is 5.26. The van der Waals surface area contributed by atoms with Crippen molar-refractivity contribution in [3.63, 3.8) is 0 Å². The fraction of sp³-hybridized carbons (Fsp3) is 0.929. The number of aliphatic hydroxyl groups is 2. The monoisotopic (exact) mass is 418 g/mol. The van der Waals surface area contributed by atoms with Gasteiger partial charge in [0.05, 0.1) is 11.7 Å². The number of allylic oxidation sites excluding steroid dienone is 1. The zero-order valence-corrected chi connectivity index (χ0v) is 20.8. The Morgan fingerprint density at radius 3 is 2.47 bits per heavy atom. The minimum absolute atomic E-state index is 0.0916. The molecule has 30 heavy (non-hydrogen) atoms.